The summed E-state index contributed by atoms with van der Waals surface area (Å²) in [7, 11) is 0. The fourth-order valence-corrected chi connectivity index (χ4v) is 9.89. The number of carbonyl (C=O) groups excluding carboxylic acids is 8. The first-order chi connectivity index (χ1) is 40.5. The minimum absolute atomic E-state index is 0.0274. The van der Waals surface area contributed by atoms with E-state index in [0.717, 1.165) is 0 Å². The molecule has 30 heteroatoms. The van der Waals surface area contributed by atoms with Gasteiger partial charge >= 0.3 is 0 Å². The van der Waals surface area contributed by atoms with Crippen LogP contribution in [-0.2, 0) is 66.8 Å². The summed E-state index contributed by atoms with van der Waals surface area (Å²) in [4.78, 5) is 100. The molecule has 0 aromatic heterocycles. The van der Waals surface area contributed by atoms with Gasteiger partial charge in [-0.15, -0.1) is 0 Å². The molecule has 0 spiro atoms. The Morgan fingerprint density at radius 3 is 1.05 bits per heavy atom. The molecule has 0 radical (unpaired) electrons. The number of rotatable bonds is 41. The number of ketones is 1. The highest BCUT2D eigenvalue weighted by molar-refractivity contribution is 5.92. The monoisotopic (exact) mass is 1220 g/mol. The van der Waals surface area contributed by atoms with Crippen molar-refractivity contribution in [2.24, 2.45) is 0 Å². The van der Waals surface area contributed by atoms with Gasteiger partial charge in [-0.2, -0.15) is 0 Å². The van der Waals surface area contributed by atoms with E-state index in [1.807, 2.05) is 0 Å². The van der Waals surface area contributed by atoms with E-state index in [9.17, 15) is 84.3 Å². The van der Waals surface area contributed by atoms with Gasteiger partial charge in [0, 0.05) is 72.9 Å². The number of hydrogen-bond donors (Lipinski definition) is 16. The van der Waals surface area contributed by atoms with Crippen molar-refractivity contribution in [3.8, 4) is 0 Å². The first-order valence-electron chi connectivity index (χ1n) is 29.7. The zero-order valence-corrected chi connectivity index (χ0v) is 49.4. The second kappa shape index (κ2) is 40.7. The Balaban J connectivity index is 1.44. The molecule has 85 heavy (non-hydrogen) atoms. The van der Waals surface area contributed by atoms with Crippen molar-refractivity contribution < 1.29 is 113 Å². The molecule has 3 saturated heterocycles. The zero-order chi connectivity index (χ0) is 63.0. The lowest BCUT2D eigenvalue weighted by atomic mass is 9.97. The van der Waals surface area contributed by atoms with E-state index in [0.29, 0.717) is 90.0 Å². The summed E-state index contributed by atoms with van der Waals surface area (Å²) in [5.41, 5.74) is 0. The van der Waals surface area contributed by atoms with E-state index in [1.165, 1.54) is 27.7 Å². The van der Waals surface area contributed by atoms with Crippen LogP contribution in [0, 0.1) is 0 Å². The number of carbonyl (C=O) groups is 8. The maximum absolute atomic E-state index is 13.8. The summed E-state index contributed by atoms with van der Waals surface area (Å²) < 4.78 is 33.9. The Morgan fingerprint density at radius 1 is 0.400 bits per heavy atom. The van der Waals surface area contributed by atoms with Crippen LogP contribution in [0.5, 0.6) is 0 Å². The van der Waals surface area contributed by atoms with Crippen molar-refractivity contribution in [1.29, 1.82) is 0 Å². The molecular formula is C55H97N7O23. The van der Waals surface area contributed by atoms with Crippen molar-refractivity contribution in [3.05, 3.63) is 0 Å². The molecule has 490 valence electrons. The van der Waals surface area contributed by atoms with Crippen LogP contribution >= 0.6 is 0 Å². The van der Waals surface area contributed by atoms with Crippen LogP contribution in [0.4, 0.5) is 0 Å². The lowest BCUT2D eigenvalue weighted by molar-refractivity contribution is -0.270. The third-order valence-electron chi connectivity index (χ3n) is 14.7. The highest BCUT2D eigenvalue weighted by atomic mass is 16.7. The molecule has 0 aromatic rings. The van der Waals surface area contributed by atoms with E-state index < -0.39 is 153 Å². The predicted octanol–water partition coefficient (Wildman–Crippen LogP) is -4.32. The van der Waals surface area contributed by atoms with E-state index >= 15 is 0 Å². The van der Waals surface area contributed by atoms with Crippen molar-refractivity contribution in [2.75, 3.05) is 52.7 Å². The van der Waals surface area contributed by atoms with Crippen LogP contribution in [0.2, 0.25) is 0 Å². The molecule has 30 nitrogen and oxygen atoms in total. The number of nitrogens with one attached hydrogen (secondary N) is 7. The number of Topliss-reactive ketones (excluding diaryl/α,β-unsaturated/α-hetero) is 1. The smallest absolute Gasteiger partial charge is 0.243 e. The maximum atomic E-state index is 13.8. The predicted molar refractivity (Wildman–Crippen MR) is 298 cm³/mol. The molecular weight excluding hydrogens is 1130 g/mol. The minimum atomic E-state index is -1.47. The highest BCUT2D eigenvalue weighted by Gasteiger charge is 2.48. The summed E-state index contributed by atoms with van der Waals surface area (Å²) in [5.74, 6) is -3.15. The Labute approximate surface area is 495 Å². The van der Waals surface area contributed by atoms with Gasteiger partial charge in [-0.1, -0.05) is 19.3 Å². The van der Waals surface area contributed by atoms with Crippen molar-refractivity contribution in [2.45, 2.75) is 247 Å². The summed E-state index contributed by atoms with van der Waals surface area (Å²) in [6.07, 6.45) is -8.21. The summed E-state index contributed by atoms with van der Waals surface area (Å²) in [6, 6.07) is -5.14. The second-order valence-electron chi connectivity index (χ2n) is 21.8. The lowest BCUT2D eigenvalue weighted by Crippen LogP contribution is -2.64. The molecule has 16 N–H and O–H groups in total. The molecule has 7 amide bonds. The van der Waals surface area contributed by atoms with Gasteiger partial charge in [0.15, 0.2) is 24.7 Å². The SMILES string of the molecule is CC(=O)N[C@H]1C(O)[C@@H](O)C(CO)O[C@H]1OCCCCCC(=O)NCCCCC(NC(=O)C(CCCCNC(=O)CCCCCO[C@@H]1OC(CO)[C@H](O)C(O)[C@@H]1NC(C)=O)NC(=O)CCCCCO[C@@H]1OC(CO)[C@H](O)C(O)[C@@H]1NC(C)=O)C(C)=O. The molecule has 0 bridgehead atoms. The van der Waals surface area contributed by atoms with Gasteiger partial charge in [0.2, 0.25) is 41.4 Å². The minimum Gasteiger partial charge on any atom is -0.394 e. The van der Waals surface area contributed by atoms with E-state index in [1.54, 1.807) is 0 Å². The molecule has 17 atom stereocenters. The van der Waals surface area contributed by atoms with Crippen LogP contribution in [0.3, 0.4) is 0 Å². The average Bonchev–Trinajstić information content (AvgIpc) is 3.40. The first-order valence-corrected chi connectivity index (χ1v) is 29.7. The molecule has 0 aliphatic carbocycles. The third kappa shape index (κ3) is 27.1. The van der Waals surface area contributed by atoms with E-state index in [-0.39, 0.29) is 76.1 Å². The van der Waals surface area contributed by atoms with Crippen LogP contribution < -0.4 is 37.2 Å². The number of aliphatic hydroxyl groups is 9. The Morgan fingerprint density at radius 2 is 0.729 bits per heavy atom. The number of amides is 7. The first kappa shape index (κ1) is 74.6. The number of hydrogen-bond acceptors (Lipinski definition) is 23. The Kier molecular flexibility index (Phi) is 35.8. The van der Waals surface area contributed by atoms with Crippen molar-refractivity contribution >= 4 is 47.1 Å². The van der Waals surface area contributed by atoms with Crippen LogP contribution in [0.1, 0.15) is 143 Å². The normalized spacial score (nSPS) is 28.3. The number of unbranched alkanes of at least 4 members (excludes halogenated alkanes) is 8. The standard InChI is InChI=1S/C55H97N7O23/c1-31(66)35(18-11-13-23-56-40(70)20-8-5-15-25-80-53-43(58-32(2)67)49(76)46(73)37(28-63)83-53)62-52(79)36(61-42(72)22-10-7-17-27-82-55-45(60-34(4)69)51(78)48(75)39(30-65)85-55)19-12-14-24-57-41(71)21-9-6-16-26-81-54-44(59-33(3)68)50(77)47(74)38(29-64)84-54/h35-39,43-51,53-55,63-65,73-78H,5-30H2,1-4H3,(H,56,70)(H,57,71)(H,58,67)(H,59,68)(H,60,69)(H,61,72)(H,62,79)/t35?,36?,37?,38?,39?,43-,44-,45-,46-,47-,48-,49?,50?,51?,53+,54+,55+/m0/s1. The van der Waals surface area contributed by atoms with Crippen LogP contribution in [0.15, 0.2) is 0 Å². The second-order valence-corrected chi connectivity index (χ2v) is 21.8. The molecule has 3 aliphatic rings. The summed E-state index contributed by atoms with van der Waals surface area (Å²) in [5, 5.41) is 110. The van der Waals surface area contributed by atoms with Gasteiger partial charge in [-0.3, -0.25) is 38.4 Å². The molecule has 0 aromatic carbocycles. The van der Waals surface area contributed by atoms with Gasteiger partial charge < -0.3 is 112 Å². The average molecular weight is 1220 g/mol. The number of ether oxygens (including phenoxy) is 6. The highest BCUT2D eigenvalue weighted by Crippen LogP contribution is 2.26. The molecule has 8 unspecified atom stereocenters. The summed E-state index contributed by atoms with van der Waals surface area (Å²) >= 11 is 0. The molecule has 3 heterocycles. The van der Waals surface area contributed by atoms with Gasteiger partial charge in [0.25, 0.3) is 0 Å². The zero-order valence-electron chi connectivity index (χ0n) is 49.4. The Hall–Kier alpha value is -4.64. The fourth-order valence-electron chi connectivity index (χ4n) is 9.89. The van der Waals surface area contributed by atoms with Crippen molar-refractivity contribution in [3.63, 3.8) is 0 Å². The third-order valence-corrected chi connectivity index (χ3v) is 14.7. The van der Waals surface area contributed by atoms with Crippen LogP contribution in [-0.4, -0.2) is 250 Å². The van der Waals surface area contributed by atoms with E-state index in [2.05, 4.69) is 37.2 Å². The molecule has 3 rings (SSSR count). The molecule has 3 aliphatic heterocycles. The topological polar surface area (TPSA) is 458 Å². The summed E-state index contributed by atoms with van der Waals surface area (Å²) in [6.45, 7) is 4.27. The van der Waals surface area contributed by atoms with Crippen LogP contribution in [0.25, 0.3) is 0 Å². The van der Waals surface area contributed by atoms with Gasteiger partial charge in [-0.25, -0.2) is 0 Å². The van der Waals surface area contributed by atoms with E-state index in [4.69, 9.17) is 28.4 Å². The van der Waals surface area contributed by atoms with Gasteiger partial charge in [0.05, 0.1) is 25.9 Å². The Bertz CT molecular complexity index is 2030. The van der Waals surface area contributed by atoms with Gasteiger partial charge in [-0.05, 0) is 84.0 Å². The largest absolute Gasteiger partial charge is 0.394 e. The van der Waals surface area contributed by atoms with Crippen molar-refractivity contribution in [1.82, 2.24) is 37.2 Å². The molecule has 0 saturated carbocycles. The molecule has 3 fully saturated rings. The fraction of sp³-hybridized carbons (Fsp3) is 0.855. The lowest BCUT2D eigenvalue weighted by Gasteiger charge is -2.42. The maximum Gasteiger partial charge on any atom is 0.243 e. The quantitative estimate of drug-likeness (QED) is 0.0257. The van der Waals surface area contributed by atoms with Gasteiger partial charge in [0.1, 0.15) is 79.1 Å². The number of aliphatic hydroxyl groups excluding tert-OH is 9.